The molecule has 0 saturated carbocycles. The Morgan fingerprint density at radius 2 is 2.07 bits per heavy atom. The summed E-state index contributed by atoms with van der Waals surface area (Å²) >= 11 is 1.30. The number of rotatable bonds is 3. The number of carbonyl (C=O) groups excluding carboxylic acids is 1. The molecule has 0 bridgehead atoms. The quantitative estimate of drug-likeness (QED) is 0.338. The molecule has 4 nitrogen and oxygen atoms in total. The summed E-state index contributed by atoms with van der Waals surface area (Å²) in [6.45, 7) is 6.16. The van der Waals surface area contributed by atoms with Crippen LogP contribution in [0.1, 0.15) is 27.2 Å². The van der Waals surface area contributed by atoms with Crippen molar-refractivity contribution in [2.45, 2.75) is 27.2 Å². The molecule has 0 aromatic carbocycles. The minimum absolute atomic E-state index is 0.0167. The van der Waals surface area contributed by atoms with E-state index in [1.165, 1.54) is 11.8 Å². The van der Waals surface area contributed by atoms with Crippen molar-refractivity contribution >= 4 is 22.7 Å². The molecule has 1 atom stereocenters. The summed E-state index contributed by atoms with van der Waals surface area (Å²) in [6.07, 6.45) is 2.46. The van der Waals surface area contributed by atoms with Crippen molar-refractivity contribution in [2.75, 3.05) is 13.3 Å². The topological polar surface area (TPSA) is 61.7 Å². The van der Waals surface area contributed by atoms with E-state index < -0.39 is 0 Å². The van der Waals surface area contributed by atoms with Gasteiger partial charge < -0.3 is 10.5 Å². The van der Waals surface area contributed by atoms with E-state index in [1.807, 2.05) is 0 Å². The minimum atomic E-state index is -0.366. The lowest BCUT2D eigenvalue weighted by Crippen LogP contribution is -2.34. The summed E-state index contributed by atoms with van der Waals surface area (Å²) in [7, 11) is 1.59. The van der Waals surface area contributed by atoms with Crippen LogP contribution in [-0.4, -0.2) is 29.5 Å². The smallest absolute Gasteiger partial charge is 0.229 e. The average Bonchev–Trinajstić information content (AvgIpc) is 2.15. The lowest BCUT2D eigenvalue weighted by atomic mass is 9.84. The van der Waals surface area contributed by atoms with E-state index in [0.29, 0.717) is 11.5 Å². The van der Waals surface area contributed by atoms with E-state index in [4.69, 9.17) is 5.21 Å². The van der Waals surface area contributed by atoms with Crippen LogP contribution in [-0.2, 0) is 4.79 Å². The number of hydrogen-bond donors (Lipinski definition) is 2. The molecule has 88 valence electrons. The zero-order valence-corrected chi connectivity index (χ0v) is 10.8. The fourth-order valence-corrected chi connectivity index (χ4v) is 1.89. The Balaban J connectivity index is 4.81. The molecule has 2 N–H and O–H groups in total. The van der Waals surface area contributed by atoms with E-state index in [1.54, 1.807) is 13.3 Å². The molecule has 0 aromatic heterocycles. The normalized spacial score (nSPS) is 14.9. The second-order valence-electron chi connectivity index (χ2n) is 4.57. The van der Waals surface area contributed by atoms with Crippen LogP contribution in [0.4, 0.5) is 0 Å². The van der Waals surface area contributed by atoms with Crippen LogP contribution in [0.5, 0.6) is 0 Å². The van der Waals surface area contributed by atoms with E-state index in [0.717, 1.165) is 0 Å². The number of nitrogens with one attached hydrogen (secondary N) is 1. The maximum Gasteiger partial charge on any atom is 0.229 e. The van der Waals surface area contributed by atoms with Crippen LogP contribution >= 0.6 is 11.8 Å². The Hall–Kier alpha value is -0.710. The lowest BCUT2D eigenvalue weighted by Gasteiger charge is -2.24. The van der Waals surface area contributed by atoms with E-state index >= 15 is 0 Å². The molecular formula is C10H20N2O2S. The minimum Gasteiger partial charge on any atom is -0.410 e. The van der Waals surface area contributed by atoms with Gasteiger partial charge in [-0.3, -0.25) is 4.79 Å². The lowest BCUT2D eigenvalue weighted by molar-refractivity contribution is -0.123. The number of amides is 1. The Kier molecular flexibility index (Phi) is 5.72. The number of oxime groups is 1. The van der Waals surface area contributed by atoms with Crippen LogP contribution in [0.15, 0.2) is 5.16 Å². The SMILES string of the molecule is CNC(=O)C(CC(C)(C)C)C(=NO)SC. The summed E-state index contributed by atoms with van der Waals surface area (Å²) in [5.41, 5.74) is 0.0167. The zero-order valence-electron chi connectivity index (χ0n) is 10.00. The number of thioether (sulfide) groups is 1. The number of hydrogen-bond acceptors (Lipinski definition) is 4. The number of carbonyl (C=O) groups is 1. The van der Waals surface area contributed by atoms with Gasteiger partial charge in [-0.15, -0.1) is 11.8 Å². The Bertz CT molecular complexity index is 246. The highest BCUT2D eigenvalue weighted by molar-refractivity contribution is 8.13. The van der Waals surface area contributed by atoms with Crippen LogP contribution in [0.3, 0.4) is 0 Å². The molecule has 0 spiro atoms. The highest BCUT2D eigenvalue weighted by Gasteiger charge is 2.28. The van der Waals surface area contributed by atoms with Gasteiger partial charge in [0, 0.05) is 7.05 Å². The van der Waals surface area contributed by atoms with Gasteiger partial charge in [-0.1, -0.05) is 25.9 Å². The van der Waals surface area contributed by atoms with Gasteiger partial charge in [0.05, 0.1) is 5.92 Å². The van der Waals surface area contributed by atoms with Crippen molar-refractivity contribution in [1.82, 2.24) is 5.32 Å². The molecular weight excluding hydrogens is 212 g/mol. The summed E-state index contributed by atoms with van der Waals surface area (Å²) in [4.78, 5) is 11.6. The van der Waals surface area contributed by atoms with Crippen molar-refractivity contribution in [1.29, 1.82) is 0 Å². The molecule has 0 aromatic rings. The Labute approximate surface area is 95.5 Å². The first kappa shape index (κ1) is 14.3. The van der Waals surface area contributed by atoms with E-state index in [9.17, 15) is 4.79 Å². The van der Waals surface area contributed by atoms with E-state index in [-0.39, 0.29) is 17.2 Å². The molecule has 1 amide bonds. The molecule has 0 radical (unpaired) electrons. The monoisotopic (exact) mass is 232 g/mol. The van der Waals surface area contributed by atoms with Gasteiger partial charge in [-0.2, -0.15) is 0 Å². The Morgan fingerprint density at radius 1 is 1.53 bits per heavy atom. The molecule has 0 aliphatic rings. The van der Waals surface area contributed by atoms with Crippen molar-refractivity contribution in [3.05, 3.63) is 0 Å². The molecule has 0 saturated heterocycles. The molecule has 15 heavy (non-hydrogen) atoms. The summed E-state index contributed by atoms with van der Waals surface area (Å²) < 4.78 is 0. The molecule has 1 unspecified atom stereocenters. The van der Waals surface area contributed by atoms with E-state index in [2.05, 4.69) is 31.2 Å². The molecule has 5 heteroatoms. The number of nitrogens with zero attached hydrogens (tertiary/aromatic N) is 1. The van der Waals surface area contributed by atoms with Crippen molar-refractivity contribution in [2.24, 2.45) is 16.5 Å². The van der Waals surface area contributed by atoms with Crippen LogP contribution in [0.2, 0.25) is 0 Å². The van der Waals surface area contributed by atoms with Gasteiger partial charge in [0.15, 0.2) is 0 Å². The van der Waals surface area contributed by atoms with Gasteiger partial charge >= 0.3 is 0 Å². The van der Waals surface area contributed by atoms with Crippen LogP contribution in [0, 0.1) is 11.3 Å². The van der Waals surface area contributed by atoms with Gasteiger partial charge in [0.2, 0.25) is 5.91 Å². The van der Waals surface area contributed by atoms with Gasteiger partial charge in [0.25, 0.3) is 0 Å². The van der Waals surface area contributed by atoms with Crippen LogP contribution < -0.4 is 5.32 Å². The first-order chi connectivity index (χ1) is 6.85. The maximum atomic E-state index is 11.6. The third kappa shape index (κ3) is 5.06. The second kappa shape index (κ2) is 6.00. The third-order valence-electron chi connectivity index (χ3n) is 1.99. The highest BCUT2D eigenvalue weighted by atomic mass is 32.2. The predicted molar refractivity (Wildman–Crippen MR) is 64.4 cm³/mol. The van der Waals surface area contributed by atoms with Crippen molar-refractivity contribution in [3.63, 3.8) is 0 Å². The Morgan fingerprint density at radius 3 is 2.33 bits per heavy atom. The fraction of sp³-hybridized carbons (Fsp3) is 0.800. The van der Waals surface area contributed by atoms with Crippen molar-refractivity contribution < 1.29 is 10.0 Å². The van der Waals surface area contributed by atoms with Crippen molar-refractivity contribution in [3.8, 4) is 0 Å². The molecule has 0 rings (SSSR count). The summed E-state index contributed by atoms with van der Waals surface area (Å²) in [5.74, 6) is -0.470. The largest absolute Gasteiger partial charge is 0.410 e. The second-order valence-corrected chi connectivity index (χ2v) is 5.40. The molecule has 0 fully saturated rings. The first-order valence-electron chi connectivity index (χ1n) is 4.83. The van der Waals surface area contributed by atoms with Gasteiger partial charge in [0.1, 0.15) is 5.04 Å². The average molecular weight is 232 g/mol. The van der Waals surface area contributed by atoms with Gasteiger partial charge in [-0.25, -0.2) is 0 Å². The third-order valence-corrected chi connectivity index (χ3v) is 2.77. The standard InChI is InChI=1S/C10H20N2O2S/c1-10(2,3)6-7(8(13)11-4)9(12-14)15-5/h7,14H,6H2,1-5H3,(H,11,13). The zero-order chi connectivity index (χ0) is 12.1. The molecule has 0 aliphatic heterocycles. The summed E-state index contributed by atoms with van der Waals surface area (Å²) in [5, 5.41) is 15.1. The maximum absolute atomic E-state index is 11.6. The fourth-order valence-electron chi connectivity index (χ4n) is 1.33. The predicted octanol–water partition coefficient (Wildman–Crippen LogP) is 1.94. The van der Waals surface area contributed by atoms with Gasteiger partial charge in [-0.05, 0) is 18.1 Å². The summed E-state index contributed by atoms with van der Waals surface area (Å²) in [6, 6.07) is 0. The molecule has 0 aliphatic carbocycles. The molecule has 0 heterocycles. The first-order valence-corrected chi connectivity index (χ1v) is 6.05. The highest BCUT2D eigenvalue weighted by Crippen LogP contribution is 2.27. The van der Waals surface area contributed by atoms with Crippen LogP contribution in [0.25, 0.3) is 0 Å².